The third kappa shape index (κ3) is 4.46. The molecule has 3 nitrogen and oxygen atoms in total. The molecule has 1 rings (SSSR count). The first-order valence-corrected chi connectivity index (χ1v) is 5.54. The van der Waals surface area contributed by atoms with E-state index in [2.05, 4.69) is 9.72 Å². The Hall–Kier alpha value is -0.660. The quantitative estimate of drug-likeness (QED) is 0.874. The molecule has 16 heavy (non-hydrogen) atoms. The van der Waals surface area contributed by atoms with Crippen LogP contribution in [0.25, 0.3) is 0 Å². The molecule has 1 aromatic heterocycles. The lowest BCUT2D eigenvalue weighted by molar-refractivity contribution is -0.176. The first-order chi connectivity index (χ1) is 7.42. The fraction of sp³-hybridized carbons (Fsp3) is 0.667. The summed E-state index contributed by atoms with van der Waals surface area (Å²) in [4.78, 5) is 5.13. The summed E-state index contributed by atoms with van der Waals surface area (Å²) in [5.74, 6) is 0. The maximum absolute atomic E-state index is 11.8. The standard InChI is InChI=1S/C9H13F3N2OS/c1-6-7(2-3-13)16-8(14-6)4-15-5-9(10,11)12/h2-5,13H2,1H3. The molecule has 0 aromatic carbocycles. The van der Waals surface area contributed by atoms with Crippen LogP contribution in [-0.2, 0) is 17.8 Å². The van der Waals surface area contributed by atoms with Gasteiger partial charge >= 0.3 is 6.18 Å². The monoisotopic (exact) mass is 254 g/mol. The molecule has 7 heteroatoms. The van der Waals surface area contributed by atoms with Crippen LogP contribution in [0, 0.1) is 6.92 Å². The zero-order valence-electron chi connectivity index (χ0n) is 8.80. The lowest BCUT2D eigenvalue weighted by Gasteiger charge is -2.05. The van der Waals surface area contributed by atoms with Gasteiger partial charge in [0.2, 0.25) is 0 Å². The van der Waals surface area contributed by atoms with Gasteiger partial charge in [-0.05, 0) is 19.9 Å². The SMILES string of the molecule is Cc1nc(COCC(F)(F)F)sc1CCN. The first-order valence-electron chi connectivity index (χ1n) is 4.72. The summed E-state index contributed by atoms with van der Waals surface area (Å²) in [5.41, 5.74) is 6.22. The van der Waals surface area contributed by atoms with E-state index in [-0.39, 0.29) is 6.61 Å². The molecule has 1 heterocycles. The van der Waals surface area contributed by atoms with Crippen LogP contribution in [0.1, 0.15) is 15.6 Å². The molecule has 0 spiro atoms. The molecule has 0 aliphatic rings. The van der Waals surface area contributed by atoms with Crippen LogP contribution in [0.4, 0.5) is 13.2 Å². The van der Waals surface area contributed by atoms with E-state index in [1.54, 1.807) is 0 Å². The van der Waals surface area contributed by atoms with Crippen molar-refractivity contribution < 1.29 is 17.9 Å². The van der Waals surface area contributed by atoms with Crippen LogP contribution in [0.2, 0.25) is 0 Å². The predicted molar refractivity (Wildman–Crippen MR) is 55.3 cm³/mol. The predicted octanol–water partition coefficient (Wildman–Crippen LogP) is 2.03. The average molecular weight is 254 g/mol. The van der Waals surface area contributed by atoms with Gasteiger partial charge in [-0.1, -0.05) is 0 Å². The average Bonchev–Trinajstić information content (AvgIpc) is 2.46. The van der Waals surface area contributed by atoms with Gasteiger partial charge in [-0.3, -0.25) is 0 Å². The van der Waals surface area contributed by atoms with Gasteiger partial charge in [-0.25, -0.2) is 4.98 Å². The number of nitrogens with zero attached hydrogens (tertiary/aromatic N) is 1. The number of nitrogens with two attached hydrogens (primary N) is 1. The van der Waals surface area contributed by atoms with Crippen LogP contribution in [-0.4, -0.2) is 24.3 Å². The second-order valence-corrected chi connectivity index (χ2v) is 4.43. The Kier molecular flexibility index (Phi) is 4.69. The number of aryl methyl sites for hydroxylation is 1. The smallest absolute Gasteiger partial charge is 0.365 e. The molecule has 0 radical (unpaired) electrons. The van der Waals surface area contributed by atoms with Crippen LogP contribution < -0.4 is 5.73 Å². The Bertz CT molecular complexity index is 338. The summed E-state index contributed by atoms with van der Waals surface area (Å²) < 4.78 is 39.9. The van der Waals surface area contributed by atoms with Gasteiger partial charge in [-0.2, -0.15) is 13.2 Å². The second-order valence-electron chi connectivity index (χ2n) is 3.26. The van der Waals surface area contributed by atoms with E-state index in [4.69, 9.17) is 5.73 Å². The Morgan fingerprint density at radius 2 is 2.12 bits per heavy atom. The lowest BCUT2D eigenvalue weighted by atomic mass is 10.3. The van der Waals surface area contributed by atoms with Crippen LogP contribution in [0.3, 0.4) is 0 Å². The van der Waals surface area contributed by atoms with Crippen molar-refractivity contribution in [3.05, 3.63) is 15.6 Å². The summed E-state index contributed by atoms with van der Waals surface area (Å²) in [6.07, 6.45) is -3.59. The third-order valence-electron chi connectivity index (χ3n) is 1.80. The molecule has 0 saturated carbocycles. The summed E-state index contributed by atoms with van der Waals surface area (Å²) in [6, 6.07) is 0. The van der Waals surface area contributed by atoms with Crippen molar-refractivity contribution in [1.82, 2.24) is 4.98 Å². The third-order valence-corrected chi connectivity index (χ3v) is 2.99. The van der Waals surface area contributed by atoms with E-state index in [0.717, 1.165) is 10.6 Å². The normalized spacial score (nSPS) is 12.1. The van der Waals surface area contributed by atoms with E-state index in [9.17, 15) is 13.2 Å². The molecule has 0 unspecified atom stereocenters. The highest BCUT2D eigenvalue weighted by molar-refractivity contribution is 7.11. The molecule has 0 saturated heterocycles. The Balaban J connectivity index is 2.46. The Morgan fingerprint density at radius 3 is 2.69 bits per heavy atom. The number of aromatic nitrogens is 1. The number of ether oxygens (including phenoxy) is 1. The van der Waals surface area contributed by atoms with Gasteiger partial charge in [0.15, 0.2) is 0 Å². The molecule has 2 N–H and O–H groups in total. The molecular formula is C9H13F3N2OS. The van der Waals surface area contributed by atoms with E-state index >= 15 is 0 Å². The number of hydrogen-bond donors (Lipinski definition) is 1. The molecule has 92 valence electrons. The lowest BCUT2D eigenvalue weighted by Crippen LogP contribution is -2.16. The maximum atomic E-state index is 11.8. The molecule has 0 fully saturated rings. The highest BCUT2D eigenvalue weighted by Crippen LogP contribution is 2.20. The summed E-state index contributed by atoms with van der Waals surface area (Å²) >= 11 is 1.35. The highest BCUT2D eigenvalue weighted by Gasteiger charge is 2.27. The molecule has 0 aliphatic carbocycles. The molecule has 0 atom stereocenters. The highest BCUT2D eigenvalue weighted by atomic mass is 32.1. The van der Waals surface area contributed by atoms with E-state index in [1.165, 1.54) is 11.3 Å². The number of rotatable bonds is 5. The van der Waals surface area contributed by atoms with Gasteiger partial charge in [0.1, 0.15) is 11.6 Å². The van der Waals surface area contributed by atoms with Gasteiger partial charge in [0.25, 0.3) is 0 Å². The molecule has 1 aromatic rings. The zero-order chi connectivity index (χ0) is 12.2. The molecule has 0 aliphatic heterocycles. The van der Waals surface area contributed by atoms with Gasteiger partial charge in [0, 0.05) is 4.88 Å². The fourth-order valence-electron chi connectivity index (χ4n) is 1.17. The Morgan fingerprint density at radius 1 is 1.44 bits per heavy atom. The van der Waals surface area contributed by atoms with Crippen molar-refractivity contribution in [2.75, 3.05) is 13.2 Å². The number of alkyl halides is 3. The zero-order valence-corrected chi connectivity index (χ0v) is 9.62. The van der Waals surface area contributed by atoms with Crippen molar-refractivity contribution >= 4 is 11.3 Å². The molecular weight excluding hydrogens is 241 g/mol. The topological polar surface area (TPSA) is 48.1 Å². The van der Waals surface area contributed by atoms with Crippen molar-refractivity contribution in [2.24, 2.45) is 5.73 Å². The molecule has 0 bridgehead atoms. The van der Waals surface area contributed by atoms with Crippen LogP contribution in [0.15, 0.2) is 0 Å². The van der Waals surface area contributed by atoms with Crippen LogP contribution in [0.5, 0.6) is 0 Å². The van der Waals surface area contributed by atoms with Gasteiger partial charge in [0.05, 0.1) is 12.3 Å². The number of halogens is 3. The van der Waals surface area contributed by atoms with Gasteiger partial charge in [-0.15, -0.1) is 11.3 Å². The van der Waals surface area contributed by atoms with Gasteiger partial charge < -0.3 is 10.5 Å². The van der Waals surface area contributed by atoms with Crippen LogP contribution >= 0.6 is 11.3 Å². The molecule has 0 amide bonds. The van der Waals surface area contributed by atoms with Crippen molar-refractivity contribution in [2.45, 2.75) is 26.1 Å². The minimum absolute atomic E-state index is 0.102. The summed E-state index contributed by atoms with van der Waals surface area (Å²) in [7, 11) is 0. The van der Waals surface area contributed by atoms with E-state index in [1.807, 2.05) is 6.92 Å². The number of hydrogen-bond acceptors (Lipinski definition) is 4. The fourth-order valence-corrected chi connectivity index (χ4v) is 2.19. The summed E-state index contributed by atoms with van der Waals surface area (Å²) in [5, 5.41) is 0.560. The first kappa shape index (κ1) is 13.4. The maximum Gasteiger partial charge on any atom is 0.411 e. The largest absolute Gasteiger partial charge is 0.411 e. The van der Waals surface area contributed by atoms with Crippen molar-refractivity contribution in [1.29, 1.82) is 0 Å². The van der Waals surface area contributed by atoms with Crippen molar-refractivity contribution in [3.63, 3.8) is 0 Å². The number of thiazole rings is 1. The Labute approximate surface area is 95.4 Å². The minimum atomic E-state index is -4.29. The van der Waals surface area contributed by atoms with E-state index < -0.39 is 12.8 Å². The second kappa shape index (κ2) is 5.60. The van der Waals surface area contributed by atoms with Crippen molar-refractivity contribution in [3.8, 4) is 0 Å². The minimum Gasteiger partial charge on any atom is -0.365 e. The summed E-state index contributed by atoms with van der Waals surface area (Å²) in [6.45, 7) is 0.980. The van der Waals surface area contributed by atoms with E-state index in [0.29, 0.717) is 18.0 Å².